The lowest BCUT2D eigenvalue weighted by molar-refractivity contribution is 0.370. The van der Waals surface area contributed by atoms with Crippen molar-refractivity contribution in [2.45, 2.75) is 32.2 Å². The van der Waals surface area contributed by atoms with Gasteiger partial charge in [0.25, 0.3) is 0 Å². The molecule has 0 aliphatic heterocycles. The van der Waals surface area contributed by atoms with Gasteiger partial charge in [-0.2, -0.15) is 0 Å². The fourth-order valence-corrected chi connectivity index (χ4v) is 2.39. The monoisotopic (exact) mass is 256 g/mol. The van der Waals surface area contributed by atoms with E-state index < -0.39 is 0 Å². The Balaban J connectivity index is 1.95. The average molecular weight is 256 g/mol. The molecule has 0 radical (unpaired) electrons. The summed E-state index contributed by atoms with van der Waals surface area (Å²) >= 11 is 0. The van der Waals surface area contributed by atoms with Gasteiger partial charge in [-0.05, 0) is 56.1 Å². The van der Waals surface area contributed by atoms with Crippen molar-refractivity contribution >= 4 is 10.8 Å². The minimum absolute atomic E-state index is 0.131. The van der Waals surface area contributed by atoms with Crippen LogP contribution in [-0.4, -0.2) is 18.6 Å². The van der Waals surface area contributed by atoms with Gasteiger partial charge in [0, 0.05) is 5.54 Å². The highest BCUT2D eigenvalue weighted by Crippen LogP contribution is 2.16. The fourth-order valence-electron chi connectivity index (χ4n) is 2.39. The first-order valence-electron chi connectivity index (χ1n) is 7.03. The molecule has 2 heteroatoms. The van der Waals surface area contributed by atoms with Crippen LogP contribution < -0.4 is 11.1 Å². The van der Waals surface area contributed by atoms with E-state index in [1.54, 1.807) is 0 Å². The molecular formula is C17H24N2. The quantitative estimate of drug-likeness (QED) is 0.833. The first kappa shape index (κ1) is 14.0. The highest BCUT2D eigenvalue weighted by Gasteiger charge is 2.14. The van der Waals surface area contributed by atoms with E-state index in [1.165, 1.54) is 16.3 Å². The van der Waals surface area contributed by atoms with Gasteiger partial charge in [-0.15, -0.1) is 0 Å². The lowest BCUT2D eigenvalue weighted by atomic mass is 10.00. The standard InChI is InChI=1S/C17H24N2/c1-17(2,10-11-18)19-12-9-14-7-8-15-5-3-4-6-16(15)13-14/h3-8,13,19H,9-12,18H2,1-2H3. The summed E-state index contributed by atoms with van der Waals surface area (Å²) in [6.45, 7) is 6.14. The fraction of sp³-hybridized carbons (Fsp3) is 0.412. The molecule has 0 saturated carbocycles. The molecule has 0 bridgehead atoms. The number of hydrogen-bond acceptors (Lipinski definition) is 2. The van der Waals surface area contributed by atoms with Crippen LogP contribution in [0.2, 0.25) is 0 Å². The number of fused-ring (bicyclic) bond motifs is 1. The molecule has 0 heterocycles. The Morgan fingerprint density at radius 2 is 1.79 bits per heavy atom. The highest BCUT2D eigenvalue weighted by molar-refractivity contribution is 5.82. The van der Waals surface area contributed by atoms with E-state index in [1.807, 2.05) is 0 Å². The molecule has 0 saturated heterocycles. The van der Waals surface area contributed by atoms with Crippen LogP contribution >= 0.6 is 0 Å². The zero-order valence-corrected chi connectivity index (χ0v) is 11.9. The predicted molar refractivity (Wildman–Crippen MR) is 83.4 cm³/mol. The molecule has 0 fully saturated rings. The van der Waals surface area contributed by atoms with Crippen molar-refractivity contribution in [1.82, 2.24) is 5.32 Å². The minimum atomic E-state index is 0.131. The third-order valence-electron chi connectivity index (χ3n) is 3.60. The maximum atomic E-state index is 5.62. The largest absolute Gasteiger partial charge is 0.330 e. The maximum absolute atomic E-state index is 5.62. The Morgan fingerprint density at radius 1 is 1.05 bits per heavy atom. The zero-order valence-electron chi connectivity index (χ0n) is 11.9. The van der Waals surface area contributed by atoms with Crippen molar-refractivity contribution in [3.63, 3.8) is 0 Å². The molecule has 0 amide bonds. The van der Waals surface area contributed by atoms with Gasteiger partial charge in [-0.25, -0.2) is 0 Å². The smallest absolute Gasteiger partial charge is 0.0137 e. The molecule has 2 aromatic carbocycles. The van der Waals surface area contributed by atoms with E-state index in [0.29, 0.717) is 0 Å². The summed E-state index contributed by atoms with van der Waals surface area (Å²) < 4.78 is 0. The van der Waals surface area contributed by atoms with Crippen molar-refractivity contribution in [2.75, 3.05) is 13.1 Å². The second kappa shape index (κ2) is 6.18. The third-order valence-corrected chi connectivity index (χ3v) is 3.60. The van der Waals surface area contributed by atoms with Crippen LogP contribution in [0.25, 0.3) is 10.8 Å². The normalized spacial score (nSPS) is 11.9. The average Bonchev–Trinajstić information content (AvgIpc) is 2.38. The SMILES string of the molecule is CC(C)(CCN)NCCc1ccc2ccccc2c1. The van der Waals surface area contributed by atoms with Gasteiger partial charge in [0.2, 0.25) is 0 Å². The molecular weight excluding hydrogens is 232 g/mol. The second-order valence-electron chi connectivity index (χ2n) is 5.78. The van der Waals surface area contributed by atoms with E-state index in [2.05, 4.69) is 61.6 Å². The Kier molecular flexibility index (Phi) is 4.56. The number of benzene rings is 2. The van der Waals surface area contributed by atoms with Crippen LogP contribution in [0.3, 0.4) is 0 Å². The number of nitrogens with one attached hydrogen (secondary N) is 1. The Labute approximate surface area is 116 Å². The maximum Gasteiger partial charge on any atom is 0.0137 e. The molecule has 19 heavy (non-hydrogen) atoms. The molecule has 2 nitrogen and oxygen atoms in total. The Morgan fingerprint density at radius 3 is 2.53 bits per heavy atom. The molecule has 0 aromatic heterocycles. The van der Waals surface area contributed by atoms with Crippen molar-refractivity contribution in [1.29, 1.82) is 0 Å². The number of nitrogens with two attached hydrogens (primary N) is 1. The van der Waals surface area contributed by atoms with Crippen LogP contribution in [0.4, 0.5) is 0 Å². The minimum Gasteiger partial charge on any atom is -0.330 e. The first-order chi connectivity index (χ1) is 9.11. The molecule has 0 aliphatic rings. The summed E-state index contributed by atoms with van der Waals surface area (Å²) in [5, 5.41) is 6.21. The van der Waals surface area contributed by atoms with Crippen LogP contribution in [-0.2, 0) is 6.42 Å². The zero-order chi connectivity index (χ0) is 13.7. The second-order valence-corrected chi connectivity index (χ2v) is 5.78. The summed E-state index contributed by atoms with van der Waals surface area (Å²) in [6.07, 6.45) is 2.06. The number of hydrogen-bond donors (Lipinski definition) is 2. The van der Waals surface area contributed by atoms with Gasteiger partial charge in [-0.1, -0.05) is 42.5 Å². The van der Waals surface area contributed by atoms with Gasteiger partial charge in [0.1, 0.15) is 0 Å². The van der Waals surface area contributed by atoms with E-state index in [-0.39, 0.29) is 5.54 Å². The number of rotatable bonds is 6. The summed E-state index contributed by atoms with van der Waals surface area (Å²) in [5.74, 6) is 0. The van der Waals surface area contributed by atoms with Gasteiger partial charge < -0.3 is 11.1 Å². The Bertz CT molecular complexity index is 532. The summed E-state index contributed by atoms with van der Waals surface area (Å²) in [7, 11) is 0. The molecule has 0 atom stereocenters. The van der Waals surface area contributed by atoms with Gasteiger partial charge >= 0.3 is 0 Å². The first-order valence-corrected chi connectivity index (χ1v) is 7.03. The van der Waals surface area contributed by atoms with Crippen molar-refractivity contribution in [3.8, 4) is 0 Å². The molecule has 0 spiro atoms. The van der Waals surface area contributed by atoms with Gasteiger partial charge in [0.05, 0.1) is 0 Å². The molecule has 0 aliphatic carbocycles. The van der Waals surface area contributed by atoms with E-state index >= 15 is 0 Å². The third kappa shape index (κ3) is 4.05. The van der Waals surface area contributed by atoms with Crippen molar-refractivity contribution < 1.29 is 0 Å². The summed E-state index contributed by atoms with van der Waals surface area (Å²) in [4.78, 5) is 0. The van der Waals surface area contributed by atoms with Crippen LogP contribution in [0.5, 0.6) is 0 Å². The summed E-state index contributed by atoms with van der Waals surface area (Å²) in [6, 6.07) is 15.2. The highest BCUT2D eigenvalue weighted by atomic mass is 14.9. The lowest BCUT2D eigenvalue weighted by Gasteiger charge is -2.25. The molecule has 3 N–H and O–H groups in total. The molecule has 0 unspecified atom stereocenters. The molecule has 2 aromatic rings. The van der Waals surface area contributed by atoms with Crippen LogP contribution in [0.15, 0.2) is 42.5 Å². The lowest BCUT2D eigenvalue weighted by Crippen LogP contribution is -2.41. The molecule has 102 valence electrons. The van der Waals surface area contributed by atoms with Crippen molar-refractivity contribution in [2.24, 2.45) is 5.73 Å². The van der Waals surface area contributed by atoms with E-state index in [0.717, 1.165) is 25.9 Å². The van der Waals surface area contributed by atoms with E-state index in [9.17, 15) is 0 Å². The van der Waals surface area contributed by atoms with Gasteiger partial charge in [0.15, 0.2) is 0 Å². The van der Waals surface area contributed by atoms with Crippen LogP contribution in [0.1, 0.15) is 25.8 Å². The van der Waals surface area contributed by atoms with Crippen molar-refractivity contribution in [3.05, 3.63) is 48.0 Å². The topological polar surface area (TPSA) is 38.0 Å². The van der Waals surface area contributed by atoms with Gasteiger partial charge in [-0.3, -0.25) is 0 Å². The van der Waals surface area contributed by atoms with E-state index in [4.69, 9.17) is 5.73 Å². The van der Waals surface area contributed by atoms with Crippen LogP contribution in [0, 0.1) is 0 Å². The molecule has 2 rings (SSSR count). The predicted octanol–water partition coefficient (Wildman–Crippen LogP) is 3.10. The summed E-state index contributed by atoms with van der Waals surface area (Å²) in [5.41, 5.74) is 7.13. The Hall–Kier alpha value is -1.38.